The van der Waals surface area contributed by atoms with Gasteiger partial charge in [-0.05, 0) is 50.2 Å². The molecule has 2 saturated heterocycles. The van der Waals surface area contributed by atoms with Crippen molar-refractivity contribution in [1.29, 1.82) is 0 Å². The summed E-state index contributed by atoms with van der Waals surface area (Å²) in [6, 6.07) is 16.0. The van der Waals surface area contributed by atoms with Crippen molar-refractivity contribution in [3.8, 4) is 0 Å². The second kappa shape index (κ2) is 8.77. The van der Waals surface area contributed by atoms with Crippen LogP contribution in [-0.4, -0.2) is 61.1 Å². The topological polar surface area (TPSA) is 82.2 Å². The lowest BCUT2D eigenvalue weighted by Crippen LogP contribution is -2.45. The first-order valence-electron chi connectivity index (χ1n) is 10.4. The zero-order valence-corrected chi connectivity index (χ0v) is 17.7. The van der Waals surface area contributed by atoms with Gasteiger partial charge in [0.25, 0.3) is 5.91 Å². The van der Waals surface area contributed by atoms with E-state index < -0.39 is 17.8 Å². The van der Waals surface area contributed by atoms with Crippen LogP contribution < -0.4 is 15.1 Å². The van der Waals surface area contributed by atoms with Crippen molar-refractivity contribution >= 4 is 34.9 Å². The molecule has 2 atom stereocenters. The van der Waals surface area contributed by atoms with Crippen LogP contribution in [0, 0.1) is 0 Å². The number of amides is 4. The molecule has 2 aromatic rings. The summed E-state index contributed by atoms with van der Waals surface area (Å²) >= 11 is 0. The Balaban J connectivity index is 1.35. The van der Waals surface area contributed by atoms with Gasteiger partial charge in [-0.1, -0.05) is 18.2 Å². The Labute approximate surface area is 181 Å². The van der Waals surface area contributed by atoms with Crippen molar-refractivity contribution in [2.75, 3.05) is 41.3 Å². The predicted molar refractivity (Wildman–Crippen MR) is 118 cm³/mol. The van der Waals surface area contributed by atoms with E-state index in [1.807, 2.05) is 30.3 Å². The van der Waals surface area contributed by atoms with E-state index in [0.29, 0.717) is 11.4 Å². The summed E-state index contributed by atoms with van der Waals surface area (Å²) in [6.45, 7) is 5.34. The molecule has 2 aliphatic heterocycles. The van der Waals surface area contributed by atoms with Gasteiger partial charge in [0.2, 0.25) is 5.91 Å². The average molecular weight is 422 g/mol. The fourth-order valence-electron chi connectivity index (χ4n) is 3.99. The second-order valence-electron chi connectivity index (χ2n) is 7.94. The minimum Gasteiger partial charge on any atom is -0.372 e. The number of urea groups is 1. The van der Waals surface area contributed by atoms with Crippen molar-refractivity contribution < 1.29 is 19.1 Å². The summed E-state index contributed by atoms with van der Waals surface area (Å²) in [4.78, 5) is 42.0. The molecule has 0 aromatic heterocycles. The zero-order valence-electron chi connectivity index (χ0n) is 17.7. The SMILES string of the molecule is CC1CN(c2ccc(NC(=O)CN3C(=O)CN(c4ccccc4)C3=O)cc2)CC(C)O1. The Hall–Kier alpha value is -3.39. The van der Waals surface area contributed by atoms with Crippen molar-refractivity contribution in [2.45, 2.75) is 26.1 Å². The van der Waals surface area contributed by atoms with E-state index in [4.69, 9.17) is 4.74 Å². The number of carbonyl (C=O) groups is 3. The molecule has 4 rings (SSSR count). The Morgan fingerprint density at radius 3 is 2.26 bits per heavy atom. The van der Waals surface area contributed by atoms with E-state index in [1.165, 1.54) is 4.90 Å². The van der Waals surface area contributed by atoms with Crippen molar-refractivity contribution in [3.05, 3.63) is 54.6 Å². The lowest BCUT2D eigenvalue weighted by Gasteiger charge is -2.36. The molecule has 0 bridgehead atoms. The van der Waals surface area contributed by atoms with Crippen molar-refractivity contribution in [1.82, 2.24) is 4.90 Å². The van der Waals surface area contributed by atoms with Crippen LogP contribution in [0.1, 0.15) is 13.8 Å². The fraction of sp³-hybridized carbons (Fsp3) is 0.348. The standard InChI is InChI=1S/C23H26N4O4/c1-16-12-25(13-17(2)31-16)19-10-8-18(9-11-19)24-21(28)14-27-22(29)15-26(23(27)30)20-6-4-3-5-7-20/h3-11,16-17H,12-15H2,1-2H3,(H,24,28). The number of anilines is 3. The second-order valence-corrected chi connectivity index (χ2v) is 7.94. The molecule has 8 nitrogen and oxygen atoms in total. The summed E-state index contributed by atoms with van der Waals surface area (Å²) in [5, 5.41) is 2.77. The quantitative estimate of drug-likeness (QED) is 0.750. The molecule has 162 valence electrons. The first-order chi connectivity index (χ1) is 14.9. The van der Waals surface area contributed by atoms with E-state index in [-0.39, 0.29) is 25.3 Å². The number of nitrogens with zero attached hydrogens (tertiary/aromatic N) is 3. The number of hydrogen-bond donors (Lipinski definition) is 1. The first-order valence-corrected chi connectivity index (χ1v) is 10.4. The third-order valence-electron chi connectivity index (χ3n) is 5.36. The van der Waals surface area contributed by atoms with Gasteiger partial charge in [0.05, 0.1) is 12.2 Å². The number of hydrogen-bond acceptors (Lipinski definition) is 5. The maximum Gasteiger partial charge on any atom is 0.332 e. The van der Waals surface area contributed by atoms with Crippen molar-refractivity contribution in [2.24, 2.45) is 0 Å². The van der Waals surface area contributed by atoms with Gasteiger partial charge >= 0.3 is 6.03 Å². The van der Waals surface area contributed by atoms with Crippen LogP contribution in [0.25, 0.3) is 0 Å². The molecule has 2 unspecified atom stereocenters. The fourth-order valence-corrected chi connectivity index (χ4v) is 3.99. The van der Waals surface area contributed by atoms with Crippen LogP contribution in [0.2, 0.25) is 0 Å². The third-order valence-corrected chi connectivity index (χ3v) is 5.36. The maximum absolute atomic E-state index is 12.6. The lowest BCUT2D eigenvalue weighted by atomic mass is 10.2. The molecule has 2 heterocycles. The average Bonchev–Trinajstić information content (AvgIpc) is 3.02. The molecule has 0 aliphatic carbocycles. The number of para-hydroxylation sites is 1. The molecule has 31 heavy (non-hydrogen) atoms. The van der Waals surface area contributed by atoms with Crippen LogP contribution in [-0.2, 0) is 14.3 Å². The van der Waals surface area contributed by atoms with E-state index in [0.717, 1.165) is 23.7 Å². The Kier molecular flexibility index (Phi) is 5.90. The molecule has 0 spiro atoms. The summed E-state index contributed by atoms with van der Waals surface area (Å²) < 4.78 is 5.77. The number of carbonyl (C=O) groups excluding carboxylic acids is 3. The molecule has 2 aliphatic rings. The molecular weight excluding hydrogens is 396 g/mol. The van der Waals surface area contributed by atoms with Crippen LogP contribution in [0.3, 0.4) is 0 Å². The predicted octanol–water partition coefficient (Wildman–Crippen LogP) is 2.71. The van der Waals surface area contributed by atoms with Crippen LogP contribution in [0.4, 0.5) is 21.9 Å². The van der Waals surface area contributed by atoms with Gasteiger partial charge in [-0.3, -0.25) is 19.4 Å². The van der Waals surface area contributed by atoms with Gasteiger partial charge in [-0.2, -0.15) is 0 Å². The number of imide groups is 1. The first kappa shape index (κ1) is 20.9. The van der Waals surface area contributed by atoms with E-state index in [1.54, 1.807) is 24.3 Å². The van der Waals surface area contributed by atoms with Crippen LogP contribution >= 0.6 is 0 Å². The van der Waals surface area contributed by atoms with Gasteiger partial charge in [-0.15, -0.1) is 0 Å². The van der Waals surface area contributed by atoms with Gasteiger partial charge < -0.3 is 15.0 Å². The van der Waals surface area contributed by atoms with Gasteiger partial charge in [-0.25, -0.2) is 4.79 Å². The smallest absolute Gasteiger partial charge is 0.332 e. The highest BCUT2D eigenvalue weighted by Crippen LogP contribution is 2.23. The van der Waals surface area contributed by atoms with E-state index >= 15 is 0 Å². The number of rotatable bonds is 5. The highest BCUT2D eigenvalue weighted by atomic mass is 16.5. The highest BCUT2D eigenvalue weighted by Gasteiger charge is 2.37. The molecular formula is C23H26N4O4. The highest BCUT2D eigenvalue weighted by molar-refractivity contribution is 6.14. The lowest BCUT2D eigenvalue weighted by molar-refractivity contribution is -0.128. The molecule has 0 saturated carbocycles. The van der Waals surface area contributed by atoms with Crippen LogP contribution in [0.15, 0.2) is 54.6 Å². The Bertz CT molecular complexity index is 953. The molecule has 2 aromatic carbocycles. The largest absolute Gasteiger partial charge is 0.372 e. The number of ether oxygens (including phenoxy) is 1. The molecule has 8 heteroatoms. The number of morpholine rings is 1. The minimum absolute atomic E-state index is 0.0682. The van der Waals surface area contributed by atoms with Crippen LogP contribution in [0.5, 0.6) is 0 Å². The molecule has 4 amide bonds. The molecule has 1 N–H and O–H groups in total. The number of benzene rings is 2. The monoisotopic (exact) mass is 422 g/mol. The maximum atomic E-state index is 12.6. The summed E-state index contributed by atoms with van der Waals surface area (Å²) in [5.41, 5.74) is 2.30. The van der Waals surface area contributed by atoms with Gasteiger partial charge in [0, 0.05) is 30.2 Å². The van der Waals surface area contributed by atoms with Gasteiger partial charge in [0.15, 0.2) is 0 Å². The van der Waals surface area contributed by atoms with E-state index in [9.17, 15) is 14.4 Å². The zero-order chi connectivity index (χ0) is 22.0. The minimum atomic E-state index is -0.489. The molecule has 0 radical (unpaired) electrons. The summed E-state index contributed by atoms with van der Waals surface area (Å²) in [5.74, 6) is -0.812. The summed E-state index contributed by atoms with van der Waals surface area (Å²) in [7, 11) is 0. The van der Waals surface area contributed by atoms with E-state index in [2.05, 4.69) is 24.1 Å². The normalized spacial score (nSPS) is 21.5. The molecule has 2 fully saturated rings. The Morgan fingerprint density at radius 2 is 1.61 bits per heavy atom. The summed E-state index contributed by atoms with van der Waals surface area (Å²) in [6.07, 6.45) is 0.322. The third kappa shape index (κ3) is 4.69. The number of nitrogens with one attached hydrogen (secondary N) is 1. The van der Waals surface area contributed by atoms with Gasteiger partial charge in [0.1, 0.15) is 13.1 Å². The van der Waals surface area contributed by atoms with Crippen molar-refractivity contribution in [3.63, 3.8) is 0 Å². The Morgan fingerprint density at radius 1 is 0.968 bits per heavy atom.